The maximum absolute atomic E-state index is 12.8. The zero-order chi connectivity index (χ0) is 17.2. The summed E-state index contributed by atoms with van der Waals surface area (Å²) in [5, 5.41) is 2.83. The molecular formula is C18H18N2O5. The maximum atomic E-state index is 12.8. The third-order valence-electron chi connectivity index (χ3n) is 4.45. The van der Waals surface area contributed by atoms with Crippen LogP contribution in [0.15, 0.2) is 41.0 Å². The summed E-state index contributed by atoms with van der Waals surface area (Å²) in [4.78, 5) is 26.9. The van der Waals surface area contributed by atoms with Gasteiger partial charge in [-0.25, -0.2) is 0 Å². The number of nitrogens with zero attached hydrogens (tertiary/aromatic N) is 1. The molecule has 1 fully saturated rings. The summed E-state index contributed by atoms with van der Waals surface area (Å²) >= 11 is 0. The Labute approximate surface area is 144 Å². The van der Waals surface area contributed by atoms with Gasteiger partial charge in [0.15, 0.2) is 11.5 Å². The molecule has 2 aliphatic heterocycles. The van der Waals surface area contributed by atoms with E-state index in [1.54, 1.807) is 41.5 Å². The van der Waals surface area contributed by atoms with Crippen molar-refractivity contribution in [2.75, 3.05) is 13.3 Å². The number of furan rings is 1. The van der Waals surface area contributed by atoms with Gasteiger partial charge in [0, 0.05) is 12.1 Å². The summed E-state index contributed by atoms with van der Waals surface area (Å²) in [5.74, 6) is 1.53. The first-order valence-corrected chi connectivity index (χ1v) is 8.23. The van der Waals surface area contributed by atoms with Crippen LogP contribution in [0.25, 0.3) is 0 Å². The summed E-state index contributed by atoms with van der Waals surface area (Å²) in [5.41, 5.74) is 0.495. The Morgan fingerprint density at radius 1 is 1.20 bits per heavy atom. The zero-order valence-corrected chi connectivity index (χ0v) is 13.6. The molecule has 25 heavy (non-hydrogen) atoms. The molecule has 7 nitrogen and oxygen atoms in total. The van der Waals surface area contributed by atoms with Crippen LogP contribution >= 0.6 is 0 Å². The van der Waals surface area contributed by atoms with Crippen LogP contribution in [0.3, 0.4) is 0 Å². The molecule has 2 aliphatic rings. The summed E-state index contributed by atoms with van der Waals surface area (Å²) < 4.78 is 15.8. The van der Waals surface area contributed by atoms with Crippen molar-refractivity contribution in [3.63, 3.8) is 0 Å². The fourth-order valence-corrected chi connectivity index (χ4v) is 3.18. The van der Waals surface area contributed by atoms with Gasteiger partial charge in [0.05, 0.1) is 12.8 Å². The topological polar surface area (TPSA) is 81.0 Å². The van der Waals surface area contributed by atoms with Gasteiger partial charge in [0.25, 0.3) is 5.91 Å². The predicted molar refractivity (Wildman–Crippen MR) is 87.2 cm³/mol. The van der Waals surface area contributed by atoms with E-state index >= 15 is 0 Å². The standard InChI is InChI=1S/C18H18N2O5/c21-17(19-10-13-3-2-8-23-13)14-4-1-7-20(14)18(22)12-5-6-15-16(9-12)25-11-24-15/h2-3,5-6,8-9,14H,1,4,7,10-11H2,(H,19,21)/t14-/m0/s1. The van der Waals surface area contributed by atoms with Crippen molar-refractivity contribution in [1.82, 2.24) is 10.2 Å². The normalized spacial score (nSPS) is 18.4. The fourth-order valence-electron chi connectivity index (χ4n) is 3.18. The second kappa shape index (κ2) is 6.51. The molecule has 0 spiro atoms. The lowest BCUT2D eigenvalue weighted by molar-refractivity contribution is -0.125. The first-order valence-electron chi connectivity index (χ1n) is 8.23. The number of carbonyl (C=O) groups excluding carboxylic acids is 2. The van der Waals surface area contributed by atoms with Crippen molar-refractivity contribution in [1.29, 1.82) is 0 Å². The quantitative estimate of drug-likeness (QED) is 0.918. The van der Waals surface area contributed by atoms with Gasteiger partial charge in [-0.05, 0) is 43.2 Å². The molecule has 1 atom stereocenters. The second-order valence-electron chi connectivity index (χ2n) is 6.02. The van der Waals surface area contributed by atoms with E-state index in [1.165, 1.54) is 0 Å². The fraction of sp³-hybridized carbons (Fsp3) is 0.333. The number of rotatable bonds is 4. The lowest BCUT2D eigenvalue weighted by Crippen LogP contribution is -2.45. The van der Waals surface area contributed by atoms with Gasteiger partial charge in [0.1, 0.15) is 11.8 Å². The zero-order valence-electron chi connectivity index (χ0n) is 13.6. The molecule has 0 unspecified atom stereocenters. The predicted octanol–water partition coefficient (Wildman–Crippen LogP) is 1.93. The van der Waals surface area contributed by atoms with E-state index in [-0.39, 0.29) is 18.6 Å². The molecule has 0 radical (unpaired) electrons. The molecule has 4 rings (SSSR count). The van der Waals surface area contributed by atoms with E-state index in [0.717, 1.165) is 6.42 Å². The number of benzene rings is 1. The maximum Gasteiger partial charge on any atom is 0.254 e. The van der Waals surface area contributed by atoms with Crippen LogP contribution in [0.1, 0.15) is 29.0 Å². The average molecular weight is 342 g/mol. The molecule has 3 heterocycles. The van der Waals surface area contributed by atoms with Crippen molar-refractivity contribution in [3.8, 4) is 11.5 Å². The van der Waals surface area contributed by atoms with Crippen LogP contribution in [-0.4, -0.2) is 36.1 Å². The third kappa shape index (κ3) is 3.05. The Morgan fingerprint density at radius 2 is 2.08 bits per heavy atom. The van der Waals surface area contributed by atoms with Gasteiger partial charge >= 0.3 is 0 Å². The van der Waals surface area contributed by atoms with Crippen molar-refractivity contribution < 1.29 is 23.5 Å². The number of likely N-dealkylation sites (tertiary alicyclic amines) is 1. The first kappa shape index (κ1) is 15.6. The third-order valence-corrected chi connectivity index (χ3v) is 4.45. The highest BCUT2D eigenvalue weighted by Gasteiger charge is 2.35. The lowest BCUT2D eigenvalue weighted by Gasteiger charge is -2.24. The van der Waals surface area contributed by atoms with Gasteiger partial charge in [-0.2, -0.15) is 0 Å². The van der Waals surface area contributed by atoms with Gasteiger partial charge < -0.3 is 24.1 Å². The summed E-state index contributed by atoms with van der Waals surface area (Å²) in [6, 6.07) is 8.19. The van der Waals surface area contributed by atoms with E-state index in [4.69, 9.17) is 13.9 Å². The molecule has 1 aromatic heterocycles. The Bertz CT molecular complexity index is 787. The number of nitrogens with one attached hydrogen (secondary N) is 1. The number of hydrogen-bond donors (Lipinski definition) is 1. The van der Waals surface area contributed by atoms with Crippen LogP contribution in [0.4, 0.5) is 0 Å². The largest absolute Gasteiger partial charge is 0.467 e. The minimum atomic E-state index is -0.465. The molecule has 0 saturated carbocycles. The van der Waals surface area contributed by atoms with Crippen molar-refractivity contribution >= 4 is 11.8 Å². The lowest BCUT2D eigenvalue weighted by atomic mass is 10.1. The van der Waals surface area contributed by atoms with Crippen LogP contribution in [-0.2, 0) is 11.3 Å². The molecule has 0 aliphatic carbocycles. The van der Waals surface area contributed by atoms with Crippen molar-refractivity contribution in [2.45, 2.75) is 25.4 Å². The minimum Gasteiger partial charge on any atom is -0.467 e. The molecular weight excluding hydrogens is 324 g/mol. The highest BCUT2D eigenvalue weighted by Crippen LogP contribution is 2.33. The van der Waals surface area contributed by atoms with E-state index in [0.29, 0.717) is 42.3 Å². The molecule has 1 N–H and O–H groups in total. The van der Waals surface area contributed by atoms with Gasteiger partial charge in [-0.15, -0.1) is 0 Å². The molecule has 0 bridgehead atoms. The Morgan fingerprint density at radius 3 is 2.92 bits per heavy atom. The van der Waals surface area contributed by atoms with E-state index in [9.17, 15) is 9.59 Å². The molecule has 2 aromatic rings. The van der Waals surface area contributed by atoms with E-state index in [2.05, 4.69) is 5.32 Å². The molecule has 1 aromatic carbocycles. The summed E-state index contributed by atoms with van der Waals surface area (Å²) in [6.07, 6.45) is 3.02. The van der Waals surface area contributed by atoms with Crippen LogP contribution in [0, 0.1) is 0 Å². The highest BCUT2D eigenvalue weighted by molar-refractivity contribution is 5.98. The van der Waals surface area contributed by atoms with Gasteiger partial charge in [-0.3, -0.25) is 9.59 Å². The van der Waals surface area contributed by atoms with Gasteiger partial charge in [-0.1, -0.05) is 0 Å². The van der Waals surface area contributed by atoms with Crippen LogP contribution in [0.2, 0.25) is 0 Å². The molecule has 130 valence electrons. The van der Waals surface area contributed by atoms with E-state index in [1.807, 2.05) is 0 Å². The minimum absolute atomic E-state index is 0.161. The first-order chi connectivity index (χ1) is 12.2. The summed E-state index contributed by atoms with van der Waals surface area (Å²) in [6.45, 7) is 1.04. The monoisotopic (exact) mass is 342 g/mol. The van der Waals surface area contributed by atoms with Crippen LogP contribution < -0.4 is 14.8 Å². The Hall–Kier alpha value is -2.96. The highest BCUT2D eigenvalue weighted by atomic mass is 16.7. The van der Waals surface area contributed by atoms with Gasteiger partial charge in [0.2, 0.25) is 12.7 Å². The SMILES string of the molecule is O=C(NCc1ccco1)[C@@H]1CCCN1C(=O)c1ccc2c(c1)OCO2. The second-order valence-corrected chi connectivity index (χ2v) is 6.02. The summed E-state index contributed by atoms with van der Waals surface area (Å²) in [7, 11) is 0. The number of fused-ring (bicyclic) bond motifs is 1. The molecule has 7 heteroatoms. The number of amides is 2. The Kier molecular flexibility index (Phi) is 4.05. The molecule has 1 saturated heterocycles. The van der Waals surface area contributed by atoms with E-state index < -0.39 is 6.04 Å². The number of carbonyl (C=O) groups is 2. The Balaban J connectivity index is 1.45. The molecule has 2 amide bonds. The van der Waals surface area contributed by atoms with Crippen molar-refractivity contribution in [3.05, 3.63) is 47.9 Å². The average Bonchev–Trinajstić information content (AvgIpc) is 3.39. The number of ether oxygens (including phenoxy) is 2. The smallest absolute Gasteiger partial charge is 0.254 e. The van der Waals surface area contributed by atoms with Crippen LogP contribution in [0.5, 0.6) is 11.5 Å². The number of hydrogen-bond acceptors (Lipinski definition) is 5. The van der Waals surface area contributed by atoms with Crippen molar-refractivity contribution in [2.24, 2.45) is 0 Å².